The van der Waals surface area contributed by atoms with Gasteiger partial charge in [-0.15, -0.1) is 11.8 Å². The molecule has 0 aliphatic rings. The molecule has 0 atom stereocenters. The Morgan fingerprint density at radius 3 is 2.15 bits per heavy atom. The number of methoxy groups -OCH3 is 1. The van der Waals surface area contributed by atoms with Gasteiger partial charge in [-0.3, -0.25) is 4.79 Å². The molecule has 1 N–H and O–H groups in total. The Bertz CT molecular complexity index is 1200. The zero-order chi connectivity index (χ0) is 24.0. The lowest BCUT2D eigenvalue weighted by atomic mass is 9.86. The van der Waals surface area contributed by atoms with Crippen LogP contribution in [0.1, 0.15) is 36.7 Å². The van der Waals surface area contributed by atoms with E-state index in [0.717, 1.165) is 21.6 Å². The van der Waals surface area contributed by atoms with Crippen LogP contribution in [-0.2, 0) is 0 Å². The van der Waals surface area contributed by atoms with Gasteiger partial charge >= 0.3 is 0 Å². The molecule has 0 spiro atoms. The van der Waals surface area contributed by atoms with Crippen LogP contribution in [0.15, 0.2) is 83.4 Å². The fourth-order valence-corrected chi connectivity index (χ4v) is 3.95. The monoisotopic (exact) mass is 456 g/mol. The summed E-state index contributed by atoms with van der Waals surface area (Å²) in [5.74, 6) is 0.191. The maximum Gasteiger partial charge on any atom is 0.259 e. The molecule has 168 valence electrons. The van der Waals surface area contributed by atoms with Crippen molar-refractivity contribution in [2.24, 2.45) is 5.41 Å². The van der Waals surface area contributed by atoms with E-state index < -0.39 is 5.41 Å². The number of thioether (sulfide) groups is 1. The van der Waals surface area contributed by atoms with Gasteiger partial charge in [0, 0.05) is 16.0 Å². The molecule has 0 aliphatic carbocycles. The summed E-state index contributed by atoms with van der Waals surface area (Å²) in [6.45, 7) is 5.94. The number of rotatable bonds is 6. The fraction of sp³-hybridized carbons (Fsp3) is 0.214. The lowest BCUT2D eigenvalue weighted by Gasteiger charge is -2.26. The third-order valence-electron chi connectivity index (χ3n) is 5.28. The average Bonchev–Trinajstić information content (AvgIpc) is 2.83. The van der Waals surface area contributed by atoms with Gasteiger partial charge in [0.25, 0.3) is 5.91 Å². The Labute approximate surface area is 200 Å². The van der Waals surface area contributed by atoms with Crippen molar-refractivity contribution in [1.29, 1.82) is 5.26 Å². The molecule has 3 aromatic rings. The molecule has 0 aliphatic heterocycles. The number of hydrogen-bond acceptors (Lipinski definition) is 4. The number of hydrogen-bond donors (Lipinski definition) is 1. The summed E-state index contributed by atoms with van der Waals surface area (Å²) in [4.78, 5) is 14.2. The van der Waals surface area contributed by atoms with Gasteiger partial charge in [0.05, 0.1) is 18.2 Å². The van der Waals surface area contributed by atoms with Crippen LogP contribution in [0.5, 0.6) is 5.75 Å². The van der Waals surface area contributed by atoms with Crippen molar-refractivity contribution < 1.29 is 9.53 Å². The molecule has 3 rings (SSSR count). The first-order valence-electron chi connectivity index (χ1n) is 10.6. The minimum atomic E-state index is -0.467. The van der Waals surface area contributed by atoms with Gasteiger partial charge < -0.3 is 10.1 Å². The molecule has 0 aromatic heterocycles. The molecule has 3 aromatic carbocycles. The Hall–Kier alpha value is -3.49. The number of benzene rings is 3. The van der Waals surface area contributed by atoms with Gasteiger partial charge in [-0.25, -0.2) is 0 Å². The second kappa shape index (κ2) is 10.4. The Balaban J connectivity index is 2.01. The summed E-state index contributed by atoms with van der Waals surface area (Å²) in [6, 6.07) is 25.7. The molecule has 33 heavy (non-hydrogen) atoms. The third-order valence-corrected chi connectivity index (χ3v) is 6.01. The van der Waals surface area contributed by atoms with Gasteiger partial charge in [-0.2, -0.15) is 5.26 Å². The predicted octanol–water partition coefficient (Wildman–Crippen LogP) is 6.79. The van der Waals surface area contributed by atoms with Gasteiger partial charge in [-0.1, -0.05) is 75.4 Å². The van der Waals surface area contributed by atoms with E-state index in [-0.39, 0.29) is 5.91 Å². The summed E-state index contributed by atoms with van der Waals surface area (Å²) in [5.41, 5.74) is 3.90. The number of carbonyl (C=O) groups is 1. The van der Waals surface area contributed by atoms with E-state index in [4.69, 9.17) is 4.74 Å². The highest BCUT2D eigenvalue weighted by atomic mass is 32.2. The van der Waals surface area contributed by atoms with Crippen LogP contribution in [0.25, 0.3) is 16.7 Å². The number of allylic oxidation sites excluding steroid dienone is 2. The van der Waals surface area contributed by atoms with Crippen LogP contribution in [0.2, 0.25) is 0 Å². The fourth-order valence-electron chi connectivity index (χ4n) is 3.52. The molecule has 0 saturated carbocycles. The number of nitrogens with one attached hydrogen (secondary N) is 1. The van der Waals surface area contributed by atoms with Crippen molar-refractivity contribution in [1.82, 2.24) is 5.32 Å². The number of ether oxygens (including phenoxy) is 1. The average molecular weight is 457 g/mol. The van der Waals surface area contributed by atoms with Crippen LogP contribution < -0.4 is 10.1 Å². The van der Waals surface area contributed by atoms with Crippen LogP contribution in [0.4, 0.5) is 0 Å². The Morgan fingerprint density at radius 1 is 0.970 bits per heavy atom. The summed E-state index contributed by atoms with van der Waals surface area (Å²) in [6.07, 6.45) is 1.97. The second-order valence-corrected chi connectivity index (χ2v) is 9.46. The van der Waals surface area contributed by atoms with E-state index in [1.165, 1.54) is 0 Å². The Kier molecular flexibility index (Phi) is 7.63. The van der Waals surface area contributed by atoms with Crippen molar-refractivity contribution in [2.75, 3.05) is 13.4 Å². The number of carbonyl (C=O) groups excluding carboxylic acids is 1. The summed E-state index contributed by atoms with van der Waals surface area (Å²) >= 11 is 1.58. The van der Waals surface area contributed by atoms with Crippen LogP contribution in [0, 0.1) is 16.7 Å². The van der Waals surface area contributed by atoms with Crippen molar-refractivity contribution in [2.45, 2.75) is 25.7 Å². The minimum Gasteiger partial charge on any atom is -0.496 e. The van der Waals surface area contributed by atoms with Crippen molar-refractivity contribution in [3.8, 4) is 22.9 Å². The lowest BCUT2D eigenvalue weighted by molar-refractivity contribution is 0.0955. The Morgan fingerprint density at radius 2 is 1.61 bits per heavy atom. The highest BCUT2D eigenvalue weighted by molar-refractivity contribution is 7.98. The molecule has 4 nitrogen and oxygen atoms in total. The molecule has 0 saturated heterocycles. The molecule has 1 amide bonds. The normalized spacial score (nSPS) is 11.9. The quantitative estimate of drug-likeness (QED) is 0.327. The first kappa shape index (κ1) is 24.2. The molecule has 0 bridgehead atoms. The molecule has 0 heterocycles. The van der Waals surface area contributed by atoms with Gasteiger partial charge in [0.1, 0.15) is 11.8 Å². The lowest BCUT2D eigenvalue weighted by Crippen LogP contribution is -2.31. The minimum absolute atomic E-state index is 0.307. The van der Waals surface area contributed by atoms with E-state index >= 15 is 0 Å². The summed E-state index contributed by atoms with van der Waals surface area (Å²) in [5, 5.41) is 13.1. The standard InChI is InChI=1S/C28H28N2O2S/c1-28(2,3)26(30-27(31)23-16-15-22(33-5)17-25(23)32-4)24(18-29)21-13-11-20(12-14-21)19-9-7-6-8-10-19/h6-17H,1-5H3,(H,30,31)/b26-24-. The molecular weight excluding hydrogens is 428 g/mol. The largest absolute Gasteiger partial charge is 0.496 e. The smallest absolute Gasteiger partial charge is 0.259 e. The van der Waals surface area contributed by atoms with E-state index in [1.807, 2.05) is 93.8 Å². The van der Waals surface area contributed by atoms with Crippen molar-refractivity contribution >= 4 is 23.2 Å². The molecule has 0 fully saturated rings. The van der Waals surface area contributed by atoms with Gasteiger partial charge in [0.15, 0.2) is 0 Å². The second-order valence-electron chi connectivity index (χ2n) is 8.58. The molecular formula is C28H28N2O2S. The summed E-state index contributed by atoms with van der Waals surface area (Å²) in [7, 11) is 1.55. The highest BCUT2D eigenvalue weighted by Crippen LogP contribution is 2.33. The van der Waals surface area contributed by atoms with E-state index in [9.17, 15) is 10.1 Å². The maximum atomic E-state index is 13.2. The summed E-state index contributed by atoms with van der Waals surface area (Å²) < 4.78 is 5.45. The van der Waals surface area contributed by atoms with Gasteiger partial charge in [-0.05, 0) is 41.1 Å². The SMILES string of the molecule is COc1cc(SC)ccc1C(=O)N/C(=C(/C#N)c1ccc(-c2ccccc2)cc1)C(C)(C)C. The molecule has 0 radical (unpaired) electrons. The topological polar surface area (TPSA) is 62.1 Å². The zero-order valence-electron chi connectivity index (χ0n) is 19.6. The highest BCUT2D eigenvalue weighted by Gasteiger charge is 2.26. The zero-order valence-corrected chi connectivity index (χ0v) is 20.4. The number of nitrogens with zero attached hydrogens (tertiary/aromatic N) is 1. The van der Waals surface area contributed by atoms with E-state index in [2.05, 4.69) is 11.4 Å². The van der Waals surface area contributed by atoms with Crippen LogP contribution in [0.3, 0.4) is 0 Å². The van der Waals surface area contributed by atoms with Crippen molar-refractivity contribution in [3.63, 3.8) is 0 Å². The van der Waals surface area contributed by atoms with E-state index in [1.54, 1.807) is 24.9 Å². The number of amides is 1. The van der Waals surface area contributed by atoms with Crippen LogP contribution in [-0.4, -0.2) is 19.3 Å². The first-order chi connectivity index (χ1) is 15.8. The number of nitriles is 1. The van der Waals surface area contributed by atoms with Crippen LogP contribution >= 0.6 is 11.8 Å². The third kappa shape index (κ3) is 5.66. The van der Waals surface area contributed by atoms with Crippen molar-refractivity contribution in [3.05, 3.63) is 89.6 Å². The van der Waals surface area contributed by atoms with Gasteiger partial charge in [0.2, 0.25) is 0 Å². The predicted molar refractivity (Wildman–Crippen MR) is 136 cm³/mol. The molecule has 0 unspecified atom stereocenters. The molecule has 5 heteroatoms. The maximum absolute atomic E-state index is 13.2. The first-order valence-corrected chi connectivity index (χ1v) is 11.8. The van der Waals surface area contributed by atoms with E-state index in [0.29, 0.717) is 22.6 Å².